The first kappa shape index (κ1) is 22.3. The van der Waals surface area contributed by atoms with Crippen LogP contribution in [0.1, 0.15) is 29.1 Å². The zero-order valence-corrected chi connectivity index (χ0v) is 18.6. The number of rotatable bonds is 7. The van der Waals surface area contributed by atoms with Crippen molar-refractivity contribution in [1.82, 2.24) is 10.2 Å². The molecule has 0 aliphatic rings. The molecule has 2 amide bonds. The van der Waals surface area contributed by atoms with Gasteiger partial charge in [0.15, 0.2) is 0 Å². The number of nitrogens with zero attached hydrogens (tertiary/aromatic N) is 2. The second-order valence-corrected chi connectivity index (χ2v) is 8.86. The highest BCUT2D eigenvalue weighted by molar-refractivity contribution is 9.10. The van der Waals surface area contributed by atoms with Crippen LogP contribution >= 0.6 is 38.9 Å². The van der Waals surface area contributed by atoms with E-state index in [0.29, 0.717) is 6.54 Å². The summed E-state index contributed by atoms with van der Waals surface area (Å²) in [6, 6.07) is 4.95. The van der Waals surface area contributed by atoms with Gasteiger partial charge in [-0.2, -0.15) is 0 Å². The van der Waals surface area contributed by atoms with Crippen LogP contribution in [-0.2, 0) is 11.3 Å². The number of halogens is 2. The first-order chi connectivity index (χ1) is 13.1. The summed E-state index contributed by atoms with van der Waals surface area (Å²) in [4.78, 5) is 38.4. The molecule has 1 aromatic carbocycles. The monoisotopic (exact) mass is 487 g/mol. The smallest absolute Gasteiger partial charge is 0.288 e. The molecule has 0 bridgehead atoms. The highest BCUT2D eigenvalue weighted by Crippen LogP contribution is 2.25. The zero-order valence-electron chi connectivity index (χ0n) is 15.4. The van der Waals surface area contributed by atoms with Crippen molar-refractivity contribution >= 4 is 56.4 Å². The van der Waals surface area contributed by atoms with E-state index in [9.17, 15) is 19.7 Å². The summed E-state index contributed by atoms with van der Waals surface area (Å²) < 4.78 is 0.950. The fourth-order valence-electron chi connectivity index (χ4n) is 2.52. The average molecular weight is 489 g/mol. The molecule has 0 spiro atoms. The van der Waals surface area contributed by atoms with Crippen molar-refractivity contribution in [2.75, 3.05) is 7.05 Å². The summed E-state index contributed by atoms with van der Waals surface area (Å²) in [5.41, 5.74) is -0.290. The maximum Gasteiger partial charge on any atom is 0.288 e. The Labute approximate surface area is 180 Å². The number of benzene rings is 1. The molecule has 1 aromatic heterocycles. The van der Waals surface area contributed by atoms with Gasteiger partial charge in [-0.15, -0.1) is 11.3 Å². The Morgan fingerprint density at radius 1 is 1.36 bits per heavy atom. The Balaban J connectivity index is 2.15. The molecule has 150 valence electrons. The third-order valence-corrected chi connectivity index (χ3v) is 6.02. The van der Waals surface area contributed by atoms with E-state index in [4.69, 9.17) is 11.6 Å². The van der Waals surface area contributed by atoms with Gasteiger partial charge in [0.25, 0.3) is 11.6 Å². The van der Waals surface area contributed by atoms with Crippen LogP contribution in [0.3, 0.4) is 0 Å². The van der Waals surface area contributed by atoms with Gasteiger partial charge in [0, 0.05) is 33.4 Å². The minimum absolute atomic E-state index is 0.0557. The number of carbonyl (C=O) groups is 2. The molecule has 1 heterocycles. The van der Waals surface area contributed by atoms with Crippen LogP contribution in [0.15, 0.2) is 34.1 Å². The van der Waals surface area contributed by atoms with Crippen LogP contribution in [0.25, 0.3) is 0 Å². The fourth-order valence-corrected chi connectivity index (χ4v) is 4.21. The second kappa shape index (κ2) is 9.49. The van der Waals surface area contributed by atoms with Gasteiger partial charge in [-0.3, -0.25) is 19.7 Å². The van der Waals surface area contributed by atoms with E-state index in [1.807, 2.05) is 25.3 Å². The lowest BCUT2D eigenvalue weighted by Crippen LogP contribution is -2.50. The average Bonchev–Trinajstić information content (AvgIpc) is 3.03. The van der Waals surface area contributed by atoms with E-state index < -0.39 is 16.9 Å². The number of likely N-dealkylation sites (N-methyl/N-ethyl adjacent to an activating group) is 1. The molecule has 1 N–H and O–H groups in total. The lowest BCUT2D eigenvalue weighted by atomic mass is 10.0. The van der Waals surface area contributed by atoms with Crippen LogP contribution in [0.5, 0.6) is 0 Å². The van der Waals surface area contributed by atoms with Crippen molar-refractivity contribution in [3.05, 3.63) is 59.7 Å². The molecule has 2 aromatic rings. The summed E-state index contributed by atoms with van der Waals surface area (Å²) in [6.45, 7) is 4.06. The number of amides is 2. The molecule has 0 radical (unpaired) electrons. The van der Waals surface area contributed by atoms with Gasteiger partial charge in [0.05, 0.1) is 11.5 Å². The van der Waals surface area contributed by atoms with Gasteiger partial charge in [0.2, 0.25) is 5.91 Å². The highest BCUT2D eigenvalue weighted by atomic mass is 79.9. The molecule has 0 fully saturated rings. The van der Waals surface area contributed by atoms with Gasteiger partial charge in [-0.05, 0) is 40.0 Å². The molecule has 1 atom stereocenters. The molecule has 2 rings (SSSR count). The summed E-state index contributed by atoms with van der Waals surface area (Å²) in [5.74, 6) is -0.980. The Morgan fingerprint density at radius 2 is 2.04 bits per heavy atom. The quantitative estimate of drug-likeness (QED) is 0.459. The van der Waals surface area contributed by atoms with E-state index in [1.165, 1.54) is 23.5 Å². The van der Waals surface area contributed by atoms with Crippen molar-refractivity contribution in [1.29, 1.82) is 0 Å². The number of carbonyl (C=O) groups excluding carboxylic acids is 2. The second-order valence-electron chi connectivity index (χ2n) is 6.54. The van der Waals surface area contributed by atoms with Crippen molar-refractivity contribution in [3.63, 3.8) is 0 Å². The Morgan fingerprint density at radius 3 is 2.57 bits per heavy atom. The number of nitro groups is 1. The molecule has 0 aliphatic heterocycles. The van der Waals surface area contributed by atoms with Gasteiger partial charge in [-0.1, -0.05) is 25.4 Å². The van der Waals surface area contributed by atoms with Crippen LogP contribution in [-0.4, -0.2) is 34.7 Å². The highest BCUT2D eigenvalue weighted by Gasteiger charge is 2.28. The Kier molecular flexibility index (Phi) is 7.56. The molecule has 28 heavy (non-hydrogen) atoms. The first-order valence-corrected chi connectivity index (χ1v) is 10.4. The maximum atomic E-state index is 12.9. The lowest BCUT2D eigenvalue weighted by molar-refractivity contribution is -0.384. The van der Waals surface area contributed by atoms with Crippen molar-refractivity contribution in [2.45, 2.75) is 26.4 Å². The van der Waals surface area contributed by atoms with Crippen molar-refractivity contribution in [2.24, 2.45) is 5.92 Å². The molecule has 0 saturated heterocycles. The number of hydrogen-bond acceptors (Lipinski definition) is 5. The number of thiophene rings is 1. The summed E-state index contributed by atoms with van der Waals surface area (Å²) in [6.07, 6.45) is 0. The topological polar surface area (TPSA) is 92.5 Å². The van der Waals surface area contributed by atoms with E-state index in [-0.39, 0.29) is 28.1 Å². The van der Waals surface area contributed by atoms with E-state index in [0.717, 1.165) is 15.4 Å². The van der Waals surface area contributed by atoms with Gasteiger partial charge in [0.1, 0.15) is 11.1 Å². The van der Waals surface area contributed by atoms with Crippen LogP contribution in [0.2, 0.25) is 5.02 Å². The fraction of sp³-hybridized carbons (Fsp3) is 0.333. The molecule has 0 saturated carbocycles. The third-order valence-electron chi connectivity index (χ3n) is 4.02. The summed E-state index contributed by atoms with van der Waals surface area (Å²) in [5, 5.41) is 15.6. The minimum atomic E-state index is -0.768. The lowest BCUT2D eigenvalue weighted by Gasteiger charge is -2.27. The molecular weight excluding hydrogens is 470 g/mol. The summed E-state index contributed by atoms with van der Waals surface area (Å²) in [7, 11) is 1.67. The minimum Gasteiger partial charge on any atom is -0.340 e. The largest absolute Gasteiger partial charge is 0.340 e. The predicted octanol–water partition coefficient (Wildman–Crippen LogP) is 4.49. The molecule has 7 nitrogen and oxygen atoms in total. The van der Waals surface area contributed by atoms with Gasteiger partial charge >= 0.3 is 0 Å². The number of nitrogens with one attached hydrogen (secondary N) is 1. The zero-order chi connectivity index (χ0) is 21.0. The number of nitro benzene ring substituents is 1. The third kappa shape index (κ3) is 5.52. The van der Waals surface area contributed by atoms with Crippen LogP contribution in [0.4, 0.5) is 5.69 Å². The van der Waals surface area contributed by atoms with E-state index >= 15 is 0 Å². The van der Waals surface area contributed by atoms with E-state index in [2.05, 4.69) is 21.2 Å². The Hall–Kier alpha value is -1.97. The van der Waals surface area contributed by atoms with Gasteiger partial charge < -0.3 is 10.2 Å². The first-order valence-electron chi connectivity index (χ1n) is 8.32. The predicted molar refractivity (Wildman–Crippen MR) is 113 cm³/mol. The van der Waals surface area contributed by atoms with E-state index in [1.54, 1.807) is 11.9 Å². The maximum absolute atomic E-state index is 12.9. The molecule has 0 aliphatic carbocycles. The normalized spacial score (nSPS) is 11.9. The SMILES string of the molecule is CC(C)C(NC(=O)c1ccc(Cl)c([N+](=O)[O-])c1)C(=O)N(C)Cc1cc(Br)cs1. The number of hydrogen-bond donors (Lipinski definition) is 1. The molecule has 10 heteroatoms. The Bertz CT molecular complexity index is 903. The molecule has 1 unspecified atom stereocenters. The van der Waals surface area contributed by atoms with Crippen LogP contribution in [0, 0.1) is 16.0 Å². The molecular formula is C18H19BrClN3O4S. The summed E-state index contributed by atoms with van der Waals surface area (Å²) >= 11 is 10.7. The van der Waals surface area contributed by atoms with Crippen LogP contribution < -0.4 is 5.32 Å². The van der Waals surface area contributed by atoms with Crippen molar-refractivity contribution in [3.8, 4) is 0 Å². The van der Waals surface area contributed by atoms with Gasteiger partial charge in [-0.25, -0.2) is 0 Å². The van der Waals surface area contributed by atoms with Crippen molar-refractivity contribution < 1.29 is 14.5 Å². The standard InChI is InChI=1S/C18H19BrClN3O4S/c1-10(2)16(18(25)22(3)8-13-7-12(19)9-28-13)21-17(24)11-4-5-14(20)15(6-11)23(26)27/h4-7,9-10,16H,8H2,1-3H3,(H,21,24).